The van der Waals surface area contributed by atoms with Crippen molar-refractivity contribution >= 4 is 5.91 Å². The molecular weight excluding hydrogens is 370 g/mol. The summed E-state index contributed by atoms with van der Waals surface area (Å²) in [5, 5.41) is 6.16. The van der Waals surface area contributed by atoms with Gasteiger partial charge >= 0.3 is 0 Å². The van der Waals surface area contributed by atoms with Crippen LogP contribution in [-0.2, 0) is 10.2 Å². The molecule has 1 aromatic rings. The molecule has 1 aromatic carbocycles. The maximum Gasteiger partial charge on any atom is 0.226 e. The molecule has 4 aliphatic carbocycles. The molecule has 3 nitrogen and oxygen atoms in total. The topological polar surface area (TPSA) is 41.1 Å². The summed E-state index contributed by atoms with van der Waals surface area (Å²) < 4.78 is 28.0. The van der Waals surface area contributed by atoms with E-state index < -0.39 is 17.6 Å². The highest BCUT2D eigenvalue weighted by molar-refractivity contribution is 5.84. The van der Waals surface area contributed by atoms with E-state index in [4.69, 9.17) is 0 Å². The number of carbonyl (C=O) groups is 1. The molecule has 2 unspecified atom stereocenters. The number of halogens is 2. The van der Waals surface area contributed by atoms with Crippen molar-refractivity contribution in [3.63, 3.8) is 0 Å². The highest BCUT2D eigenvalue weighted by Crippen LogP contribution is 2.71. The van der Waals surface area contributed by atoms with E-state index in [1.807, 2.05) is 6.07 Å². The van der Waals surface area contributed by atoms with E-state index in [9.17, 15) is 13.6 Å². The van der Waals surface area contributed by atoms with Crippen LogP contribution in [0.25, 0.3) is 0 Å². The number of piperidine rings is 1. The molecule has 5 heteroatoms. The number of alkyl halides is 2. The Kier molecular flexibility index (Phi) is 4.73. The fraction of sp³-hybridized carbons (Fsp3) is 0.708. The number of nitrogens with one attached hydrogen (secondary N) is 2. The quantitative estimate of drug-likeness (QED) is 0.780. The highest BCUT2D eigenvalue weighted by atomic mass is 19.1. The number of hydrogen-bond acceptors (Lipinski definition) is 2. The van der Waals surface area contributed by atoms with Gasteiger partial charge in [0.05, 0.1) is 18.1 Å². The van der Waals surface area contributed by atoms with Crippen molar-refractivity contribution < 1.29 is 13.6 Å². The first-order valence-electron chi connectivity index (χ1n) is 11.3. The van der Waals surface area contributed by atoms with Crippen molar-refractivity contribution in [3.05, 3.63) is 35.9 Å². The van der Waals surface area contributed by atoms with Gasteiger partial charge in [-0.1, -0.05) is 30.3 Å². The second kappa shape index (κ2) is 7.04. The smallest absolute Gasteiger partial charge is 0.226 e. The normalized spacial score (nSPS) is 43.3. The minimum atomic E-state index is -1.04. The van der Waals surface area contributed by atoms with Gasteiger partial charge in [0, 0.05) is 6.54 Å². The van der Waals surface area contributed by atoms with Crippen molar-refractivity contribution in [3.8, 4) is 0 Å². The zero-order valence-corrected chi connectivity index (χ0v) is 17.1. The largest absolute Gasteiger partial charge is 0.350 e. The van der Waals surface area contributed by atoms with Gasteiger partial charge in [-0.3, -0.25) is 9.18 Å². The molecule has 0 aromatic heterocycles. The summed E-state index contributed by atoms with van der Waals surface area (Å²) in [6, 6.07) is 10.2. The van der Waals surface area contributed by atoms with Gasteiger partial charge in [-0.15, -0.1) is 0 Å². The van der Waals surface area contributed by atoms with Crippen LogP contribution in [0.4, 0.5) is 8.78 Å². The fourth-order valence-electron chi connectivity index (χ4n) is 7.79. The summed E-state index contributed by atoms with van der Waals surface area (Å²) in [5.41, 5.74) is 0.686. The Labute approximate surface area is 172 Å². The SMILES string of the molecule is O=C(N[C@@H]1CCNC[C@@H]1F)C12CC3C[C@@](CCF)(C1)C[C@](c1ccccc1)(C3)C2. The summed E-state index contributed by atoms with van der Waals surface area (Å²) in [6.07, 6.45) is 5.73. The average Bonchev–Trinajstić information content (AvgIpc) is 2.69. The van der Waals surface area contributed by atoms with Crippen molar-refractivity contribution in [2.24, 2.45) is 16.7 Å². The van der Waals surface area contributed by atoms with Crippen LogP contribution in [0.15, 0.2) is 30.3 Å². The Bertz CT molecular complexity index is 773. The Morgan fingerprint density at radius 1 is 1.14 bits per heavy atom. The van der Waals surface area contributed by atoms with Crippen LogP contribution in [0.3, 0.4) is 0 Å². The van der Waals surface area contributed by atoms with Crippen LogP contribution in [0.2, 0.25) is 0 Å². The predicted molar refractivity (Wildman–Crippen MR) is 109 cm³/mol. The van der Waals surface area contributed by atoms with Gasteiger partial charge in [0.15, 0.2) is 0 Å². The maximum atomic E-state index is 14.4. The van der Waals surface area contributed by atoms with Crippen LogP contribution >= 0.6 is 0 Å². The van der Waals surface area contributed by atoms with Crippen LogP contribution < -0.4 is 10.6 Å². The molecule has 0 spiro atoms. The fourth-order valence-corrected chi connectivity index (χ4v) is 7.79. The molecule has 29 heavy (non-hydrogen) atoms. The van der Waals surface area contributed by atoms with Crippen LogP contribution in [0.5, 0.6) is 0 Å². The van der Waals surface area contributed by atoms with Gasteiger partial charge in [0.25, 0.3) is 0 Å². The molecule has 4 bridgehead atoms. The lowest BCUT2D eigenvalue weighted by molar-refractivity contribution is -0.165. The van der Waals surface area contributed by atoms with Crippen LogP contribution in [0, 0.1) is 16.7 Å². The minimum Gasteiger partial charge on any atom is -0.350 e. The van der Waals surface area contributed by atoms with Gasteiger partial charge in [-0.25, -0.2) is 4.39 Å². The number of rotatable bonds is 5. The molecule has 1 aliphatic heterocycles. The first kappa shape index (κ1) is 19.5. The Balaban J connectivity index is 1.48. The van der Waals surface area contributed by atoms with Crippen LogP contribution in [-0.4, -0.2) is 37.9 Å². The van der Waals surface area contributed by atoms with Crippen molar-refractivity contribution in [2.75, 3.05) is 19.8 Å². The summed E-state index contributed by atoms with van der Waals surface area (Å²) in [6.45, 7) is 0.719. The van der Waals surface area contributed by atoms with E-state index in [1.165, 1.54) is 5.56 Å². The highest BCUT2D eigenvalue weighted by Gasteiger charge is 2.65. The molecule has 1 amide bonds. The third-order valence-corrected chi connectivity index (χ3v) is 8.40. The molecule has 6 rings (SSSR count). The van der Waals surface area contributed by atoms with Crippen LogP contribution in [0.1, 0.15) is 56.9 Å². The van der Waals surface area contributed by atoms with E-state index in [0.29, 0.717) is 25.3 Å². The number of benzene rings is 1. The van der Waals surface area contributed by atoms with Gasteiger partial charge in [-0.2, -0.15) is 0 Å². The first-order chi connectivity index (χ1) is 14.0. The second-order valence-electron chi connectivity index (χ2n) is 10.5. The number of amides is 1. The van der Waals surface area contributed by atoms with Gasteiger partial charge in [-0.05, 0) is 80.2 Å². The second-order valence-corrected chi connectivity index (χ2v) is 10.5. The minimum absolute atomic E-state index is 0.0275. The zero-order chi connectivity index (χ0) is 20.1. The predicted octanol–water partition coefficient (Wildman–Crippen LogP) is 4.07. The lowest BCUT2D eigenvalue weighted by Gasteiger charge is -2.66. The molecule has 1 heterocycles. The van der Waals surface area contributed by atoms with Crippen molar-refractivity contribution in [1.29, 1.82) is 0 Å². The van der Waals surface area contributed by atoms with Crippen molar-refractivity contribution in [2.45, 2.75) is 69.0 Å². The maximum absolute atomic E-state index is 14.4. The van der Waals surface area contributed by atoms with Gasteiger partial charge < -0.3 is 10.6 Å². The molecule has 5 fully saturated rings. The number of carbonyl (C=O) groups excluding carboxylic acids is 1. The molecule has 2 N–H and O–H groups in total. The van der Waals surface area contributed by atoms with Gasteiger partial charge in [0.2, 0.25) is 5.91 Å². The Morgan fingerprint density at radius 3 is 2.72 bits per heavy atom. The van der Waals surface area contributed by atoms with E-state index in [-0.39, 0.29) is 23.4 Å². The molecule has 0 radical (unpaired) electrons. The third-order valence-electron chi connectivity index (χ3n) is 8.40. The summed E-state index contributed by atoms with van der Waals surface area (Å²) >= 11 is 0. The summed E-state index contributed by atoms with van der Waals surface area (Å²) in [4.78, 5) is 13.6. The monoisotopic (exact) mass is 402 g/mol. The summed E-state index contributed by atoms with van der Waals surface area (Å²) in [5.74, 6) is 0.484. The Hall–Kier alpha value is -1.49. The first-order valence-corrected chi connectivity index (χ1v) is 11.3. The van der Waals surface area contributed by atoms with E-state index in [0.717, 1.165) is 45.1 Å². The molecule has 4 saturated carbocycles. The molecule has 158 valence electrons. The lowest BCUT2D eigenvalue weighted by Crippen LogP contribution is -2.64. The zero-order valence-electron chi connectivity index (χ0n) is 17.1. The molecule has 6 atom stereocenters. The number of hydrogen-bond donors (Lipinski definition) is 2. The molecule has 1 saturated heterocycles. The third kappa shape index (κ3) is 3.20. The van der Waals surface area contributed by atoms with E-state index in [2.05, 4.69) is 34.9 Å². The lowest BCUT2D eigenvalue weighted by atomic mass is 9.38. The van der Waals surface area contributed by atoms with Crippen molar-refractivity contribution in [1.82, 2.24) is 10.6 Å². The molecular formula is C24H32F2N2O. The average molecular weight is 403 g/mol. The van der Waals surface area contributed by atoms with E-state index in [1.54, 1.807) is 0 Å². The van der Waals surface area contributed by atoms with Gasteiger partial charge in [0.1, 0.15) is 6.17 Å². The standard InChI is InChI=1S/C24H32F2N2O/c25-8-7-22-10-17-11-23(14-22,18-4-2-1-3-5-18)16-24(12-17,15-22)21(29)28-20-6-9-27-13-19(20)26/h1-5,17,19-20,27H,6-16H2,(H,28,29)/t17?,19-,20+,22+,23+,24?/m0/s1. The summed E-state index contributed by atoms with van der Waals surface area (Å²) in [7, 11) is 0. The molecule has 5 aliphatic rings. The Morgan fingerprint density at radius 2 is 1.97 bits per heavy atom. The van der Waals surface area contributed by atoms with E-state index >= 15 is 0 Å².